The number of hydrogen-bond acceptors (Lipinski definition) is 4. The highest BCUT2D eigenvalue weighted by Gasteiger charge is 2.23. The first kappa shape index (κ1) is 11.2. The fraction of sp³-hybridized carbons (Fsp3) is 0.846. The van der Waals surface area contributed by atoms with Gasteiger partial charge in [0.1, 0.15) is 0 Å². The van der Waals surface area contributed by atoms with Crippen LogP contribution in [0.15, 0.2) is 4.52 Å². The minimum atomic E-state index is 0.316. The van der Waals surface area contributed by atoms with Gasteiger partial charge in [0.25, 0.3) is 0 Å². The maximum Gasteiger partial charge on any atom is 0.226 e. The molecule has 0 spiro atoms. The molecule has 1 saturated carbocycles. The van der Waals surface area contributed by atoms with Crippen LogP contribution in [-0.2, 0) is 6.42 Å². The van der Waals surface area contributed by atoms with Gasteiger partial charge in [0.2, 0.25) is 5.89 Å². The Balaban J connectivity index is 1.57. The number of rotatable bonds is 4. The summed E-state index contributed by atoms with van der Waals surface area (Å²) in [7, 11) is 0. The van der Waals surface area contributed by atoms with Gasteiger partial charge >= 0.3 is 0 Å². The average Bonchev–Trinajstić information content (AvgIpc) is 3.12. The van der Waals surface area contributed by atoms with E-state index in [0.717, 1.165) is 37.0 Å². The summed E-state index contributed by atoms with van der Waals surface area (Å²) >= 11 is 0. The Kier molecular flexibility index (Phi) is 3.41. The van der Waals surface area contributed by atoms with E-state index in [1.165, 1.54) is 38.5 Å². The molecule has 94 valence electrons. The second kappa shape index (κ2) is 5.17. The molecule has 0 aromatic carbocycles. The van der Waals surface area contributed by atoms with Crippen molar-refractivity contribution >= 4 is 0 Å². The van der Waals surface area contributed by atoms with Crippen molar-refractivity contribution < 1.29 is 4.52 Å². The van der Waals surface area contributed by atoms with Crippen LogP contribution < -0.4 is 5.32 Å². The van der Waals surface area contributed by atoms with Gasteiger partial charge < -0.3 is 9.84 Å². The molecule has 0 bridgehead atoms. The molecule has 1 N–H and O–H groups in total. The third-order valence-electron chi connectivity index (χ3n) is 3.82. The zero-order chi connectivity index (χ0) is 11.5. The van der Waals surface area contributed by atoms with E-state index in [2.05, 4.69) is 15.5 Å². The molecule has 1 saturated heterocycles. The molecule has 0 unspecified atom stereocenters. The number of nitrogens with one attached hydrogen (secondary N) is 1. The summed E-state index contributed by atoms with van der Waals surface area (Å²) in [4.78, 5) is 4.54. The summed E-state index contributed by atoms with van der Waals surface area (Å²) in [5.74, 6) is 2.64. The molecule has 2 aliphatic rings. The van der Waals surface area contributed by atoms with Gasteiger partial charge in [0, 0.05) is 6.42 Å². The van der Waals surface area contributed by atoms with Crippen molar-refractivity contribution in [3.05, 3.63) is 11.7 Å². The summed E-state index contributed by atoms with van der Waals surface area (Å²) in [6, 6.07) is 0.316. The van der Waals surface area contributed by atoms with Gasteiger partial charge in [-0.15, -0.1) is 0 Å². The van der Waals surface area contributed by atoms with Crippen LogP contribution in [0.5, 0.6) is 0 Å². The van der Waals surface area contributed by atoms with Gasteiger partial charge in [-0.1, -0.05) is 30.8 Å². The van der Waals surface area contributed by atoms with Gasteiger partial charge in [-0.2, -0.15) is 4.98 Å². The molecule has 1 atom stereocenters. The van der Waals surface area contributed by atoms with Crippen molar-refractivity contribution in [2.45, 2.75) is 57.4 Å². The van der Waals surface area contributed by atoms with Crippen LogP contribution in [0.4, 0.5) is 0 Å². The first-order valence-electron chi connectivity index (χ1n) is 6.97. The van der Waals surface area contributed by atoms with Crippen molar-refractivity contribution in [1.29, 1.82) is 0 Å². The Labute approximate surface area is 102 Å². The van der Waals surface area contributed by atoms with Crippen LogP contribution in [0.2, 0.25) is 0 Å². The quantitative estimate of drug-likeness (QED) is 0.871. The SMILES string of the molecule is C1CCN[C@@H](c2noc(CCC3CC3)n2)CC1. The monoisotopic (exact) mass is 235 g/mol. The molecule has 17 heavy (non-hydrogen) atoms. The van der Waals surface area contributed by atoms with Gasteiger partial charge in [0.05, 0.1) is 6.04 Å². The van der Waals surface area contributed by atoms with Gasteiger partial charge in [-0.05, 0) is 31.7 Å². The molecule has 3 rings (SSSR count). The molecule has 2 heterocycles. The van der Waals surface area contributed by atoms with Crippen LogP contribution in [0.1, 0.15) is 62.7 Å². The predicted molar refractivity (Wildman–Crippen MR) is 64.6 cm³/mol. The molecule has 1 aromatic heterocycles. The van der Waals surface area contributed by atoms with Crippen LogP contribution >= 0.6 is 0 Å². The largest absolute Gasteiger partial charge is 0.339 e. The topological polar surface area (TPSA) is 51.0 Å². The molecular weight excluding hydrogens is 214 g/mol. The minimum absolute atomic E-state index is 0.316. The van der Waals surface area contributed by atoms with Crippen molar-refractivity contribution in [1.82, 2.24) is 15.5 Å². The molecule has 1 aliphatic carbocycles. The third kappa shape index (κ3) is 3.06. The highest BCUT2D eigenvalue weighted by Crippen LogP contribution is 2.33. The first-order valence-corrected chi connectivity index (χ1v) is 6.97. The Hall–Kier alpha value is -0.900. The Bertz CT molecular complexity index is 351. The van der Waals surface area contributed by atoms with E-state index in [-0.39, 0.29) is 0 Å². The zero-order valence-corrected chi connectivity index (χ0v) is 10.3. The van der Waals surface area contributed by atoms with Gasteiger partial charge in [-0.3, -0.25) is 0 Å². The summed E-state index contributed by atoms with van der Waals surface area (Å²) in [6.07, 6.45) is 9.96. The zero-order valence-electron chi connectivity index (χ0n) is 10.3. The van der Waals surface area contributed by atoms with Crippen LogP contribution in [0.3, 0.4) is 0 Å². The van der Waals surface area contributed by atoms with Crippen molar-refractivity contribution in [2.24, 2.45) is 5.92 Å². The van der Waals surface area contributed by atoms with Crippen molar-refractivity contribution in [3.63, 3.8) is 0 Å². The lowest BCUT2D eigenvalue weighted by Gasteiger charge is -2.09. The first-order chi connectivity index (χ1) is 8.42. The Morgan fingerprint density at radius 1 is 1.18 bits per heavy atom. The van der Waals surface area contributed by atoms with E-state index >= 15 is 0 Å². The standard InChI is InChI=1S/C13H21N3O/c1-2-4-11(14-9-3-1)13-15-12(17-16-13)8-7-10-5-6-10/h10-11,14H,1-9H2/t11-/m1/s1. The van der Waals surface area contributed by atoms with E-state index in [4.69, 9.17) is 4.52 Å². The minimum Gasteiger partial charge on any atom is -0.339 e. The maximum absolute atomic E-state index is 5.34. The molecule has 1 aromatic rings. The molecule has 4 heteroatoms. The summed E-state index contributed by atoms with van der Waals surface area (Å²) in [5.41, 5.74) is 0. The van der Waals surface area contributed by atoms with E-state index in [1.54, 1.807) is 0 Å². The van der Waals surface area contributed by atoms with Gasteiger partial charge in [0.15, 0.2) is 5.82 Å². The lowest BCUT2D eigenvalue weighted by Crippen LogP contribution is -2.21. The Morgan fingerprint density at radius 2 is 2.12 bits per heavy atom. The molecule has 1 aliphatic heterocycles. The molecule has 0 radical (unpaired) electrons. The third-order valence-corrected chi connectivity index (χ3v) is 3.82. The number of aryl methyl sites for hydroxylation is 1. The van der Waals surface area contributed by atoms with Crippen molar-refractivity contribution in [3.8, 4) is 0 Å². The van der Waals surface area contributed by atoms with Crippen molar-refractivity contribution in [2.75, 3.05) is 6.54 Å². The lowest BCUT2D eigenvalue weighted by atomic mass is 10.1. The van der Waals surface area contributed by atoms with Gasteiger partial charge in [-0.25, -0.2) is 0 Å². The highest BCUT2D eigenvalue weighted by atomic mass is 16.5. The fourth-order valence-corrected chi connectivity index (χ4v) is 2.49. The second-order valence-corrected chi connectivity index (χ2v) is 5.38. The smallest absolute Gasteiger partial charge is 0.226 e. The van der Waals surface area contributed by atoms with E-state index in [0.29, 0.717) is 6.04 Å². The Morgan fingerprint density at radius 3 is 3.00 bits per heavy atom. The van der Waals surface area contributed by atoms with E-state index < -0.39 is 0 Å². The normalized spacial score (nSPS) is 25.8. The maximum atomic E-state index is 5.34. The lowest BCUT2D eigenvalue weighted by molar-refractivity contribution is 0.359. The predicted octanol–water partition coefficient (Wildman–Crippen LogP) is 2.62. The highest BCUT2D eigenvalue weighted by molar-refractivity contribution is 4.95. The summed E-state index contributed by atoms with van der Waals surface area (Å²) in [5, 5.41) is 7.63. The molecular formula is C13H21N3O. The molecule has 4 nitrogen and oxygen atoms in total. The summed E-state index contributed by atoms with van der Waals surface area (Å²) < 4.78 is 5.34. The number of nitrogens with zero attached hydrogens (tertiary/aromatic N) is 2. The summed E-state index contributed by atoms with van der Waals surface area (Å²) in [6.45, 7) is 1.08. The van der Waals surface area contributed by atoms with E-state index in [1.807, 2.05) is 0 Å². The fourth-order valence-electron chi connectivity index (χ4n) is 2.49. The van der Waals surface area contributed by atoms with Crippen LogP contribution in [-0.4, -0.2) is 16.7 Å². The number of hydrogen-bond donors (Lipinski definition) is 1. The molecule has 2 fully saturated rings. The second-order valence-electron chi connectivity index (χ2n) is 5.38. The van der Waals surface area contributed by atoms with Crippen LogP contribution in [0, 0.1) is 5.92 Å². The molecule has 0 amide bonds. The van der Waals surface area contributed by atoms with E-state index in [9.17, 15) is 0 Å². The van der Waals surface area contributed by atoms with Crippen LogP contribution in [0.25, 0.3) is 0 Å². The number of aromatic nitrogens is 2. The average molecular weight is 235 g/mol.